The van der Waals surface area contributed by atoms with Crippen molar-refractivity contribution < 1.29 is 14.7 Å². The fraction of sp³-hybridized carbons (Fsp3) is 0.190. The third-order valence-corrected chi connectivity index (χ3v) is 5.03. The van der Waals surface area contributed by atoms with E-state index in [-0.39, 0.29) is 11.5 Å². The zero-order valence-electron chi connectivity index (χ0n) is 17.0. The van der Waals surface area contributed by atoms with Crippen molar-refractivity contribution in [3.8, 4) is 16.9 Å². The van der Waals surface area contributed by atoms with Gasteiger partial charge in [0.25, 0.3) is 11.8 Å². The third kappa shape index (κ3) is 3.64. The summed E-state index contributed by atoms with van der Waals surface area (Å²) in [7, 11) is 1.61. The first-order valence-electron chi connectivity index (χ1n) is 9.63. The number of aliphatic hydroxyl groups is 1. The van der Waals surface area contributed by atoms with Crippen molar-refractivity contribution >= 4 is 17.3 Å². The minimum atomic E-state index is -1.39. The predicted octanol–water partition coefficient (Wildman–Crippen LogP) is 1.19. The summed E-state index contributed by atoms with van der Waals surface area (Å²) >= 11 is 0. The molecule has 31 heavy (non-hydrogen) atoms. The first-order valence-corrected chi connectivity index (χ1v) is 9.63. The van der Waals surface area contributed by atoms with Crippen molar-refractivity contribution in [2.75, 3.05) is 13.6 Å². The molecule has 0 saturated carbocycles. The Hall–Kier alpha value is -4.05. The highest BCUT2D eigenvalue weighted by Gasteiger charge is 2.24. The largest absolute Gasteiger partial charge is 0.377 e. The zero-order valence-corrected chi connectivity index (χ0v) is 17.0. The summed E-state index contributed by atoms with van der Waals surface area (Å²) in [6.45, 7) is 2.29. The second kappa shape index (κ2) is 8.00. The smallest absolute Gasteiger partial charge is 0.285 e. The van der Waals surface area contributed by atoms with Gasteiger partial charge in [-0.15, -0.1) is 5.10 Å². The zero-order chi connectivity index (χ0) is 22.1. The SMILES string of the molecule is CCN(C)C(=O)[C@H](O)c1cn(-c2cccc(-c3nc(C(N)=O)n4ccccc34)c2)nn1. The number of carbonyl (C=O) groups is 2. The number of fused-ring (bicyclic) bond motifs is 1. The molecule has 10 nitrogen and oxygen atoms in total. The maximum absolute atomic E-state index is 12.2. The number of imidazole rings is 1. The molecule has 3 N–H and O–H groups in total. The maximum Gasteiger partial charge on any atom is 0.285 e. The number of pyridine rings is 1. The average Bonchev–Trinajstić information content (AvgIpc) is 3.43. The highest BCUT2D eigenvalue weighted by molar-refractivity contribution is 5.93. The second-order valence-corrected chi connectivity index (χ2v) is 7.00. The van der Waals surface area contributed by atoms with Crippen LogP contribution in [0.5, 0.6) is 0 Å². The molecule has 0 saturated heterocycles. The van der Waals surface area contributed by atoms with E-state index in [2.05, 4.69) is 15.3 Å². The monoisotopic (exact) mass is 419 g/mol. The second-order valence-electron chi connectivity index (χ2n) is 7.00. The molecular formula is C21H21N7O3. The van der Waals surface area contributed by atoms with Gasteiger partial charge >= 0.3 is 0 Å². The van der Waals surface area contributed by atoms with Gasteiger partial charge in [0.1, 0.15) is 5.69 Å². The Balaban J connectivity index is 1.71. The summed E-state index contributed by atoms with van der Waals surface area (Å²) in [5.41, 5.74) is 8.35. The van der Waals surface area contributed by atoms with E-state index in [1.54, 1.807) is 23.7 Å². The van der Waals surface area contributed by atoms with Crippen molar-refractivity contribution in [3.63, 3.8) is 0 Å². The fourth-order valence-electron chi connectivity index (χ4n) is 3.24. The molecule has 0 bridgehead atoms. The highest BCUT2D eigenvalue weighted by Crippen LogP contribution is 2.27. The minimum Gasteiger partial charge on any atom is -0.377 e. The van der Waals surface area contributed by atoms with E-state index >= 15 is 0 Å². The first kappa shape index (κ1) is 20.2. The molecule has 0 radical (unpaired) electrons. The number of aromatic nitrogens is 5. The number of nitrogens with zero attached hydrogens (tertiary/aromatic N) is 6. The Bertz CT molecular complexity index is 1280. The lowest BCUT2D eigenvalue weighted by molar-refractivity contribution is -0.139. The number of likely N-dealkylation sites (N-methyl/N-ethyl adjacent to an activating group) is 1. The molecule has 0 fully saturated rings. The molecule has 1 aromatic carbocycles. The van der Waals surface area contributed by atoms with E-state index in [1.165, 1.54) is 15.8 Å². The van der Waals surface area contributed by atoms with Gasteiger partial charge in [0, 0.05) is 25.4 Å². The summed E-state index contributed by atoms with van der Waals surface area (Å²) in [4.78, 5) is 29.8. The van der Waals surface area contributed by atoms with Crippen LogP contribution in [0.1, 0.15) is 29.3 Å². The van der Waals surface area contributed by atoms with E-state index in [4.69, 9.17) is 5.73 Å². The summed E-state index contributed by atoms with van der Waals surface area (Å²) in [6, 6.07) is 12.8. The van der Waals surface area contributed by atoms with E-state index < -0.39 is 17.9 Å². The summed E-state index contributed by atoms with van der Waals surface area (Å²) in [5.74, 6) is -0.937. The summed E-state index contributed by atoms with van der Waals surface area (Å²) in [6.07, 6.45) is 1.84. The van der Waals surface area contributed by atoms with Gasteiger partial charge in [-0.2, -0.15) is 0 Å². The van der Waals surface area contributed by atoms with Gasteiger partial charge in [0.05, 0.1) is 23.1 Å². The van der Waals surface area contributed by atoms with Crippen molar-refractivity contribution in [2.24, 2.45) is 5.73 Å². The van der Waals surface area contributed by atoms with Crippen molar-refractivity contribution in [3.05, 3.63) is 66.4 Å². The van der Waals surface area contributed by atoms with E-state index in [0.29, 0.717) is 17.9 Å². The minimum absolute atomic E-state index is 0.140. The maximum atomic E-state index is 12.2. The van der Waals surface area contributed by atoms with Gasteiger partial charge in [-0.05, 0) is 31.2 Å². The Labute approximate surface area is 177 Å². The molecule has 0 aliphatic carbocycles. The van der Waals surface area contributed by atoms with E-state index in [1.807, 2.05) is 43.3 Å². The molecule has 0 aliphatic rings. The molecule has 0 unspecified atom stereocenters. The van der Waals surface area contributed by atoms with Crippen LogP contribution in [0.3, 0.4) is 0 Å². The molecule has 4 rings (SSSR count). The number of hydrogen-bond acceptors (Lipinski definition) is 6. The van der Waals surface area contributed by atoms with Crippen molar-refractivity contribution in [1.29, 1.82) is 0 Å². The number of carbonyl (C=O) groups excluding carboxylic acids is 2. The van der Waals surface area contributed by atoms with Gasteiger partial charge in [0.2, 0.25) is 5.82 Å². The number of aliphatic hydroxyl groups excluding tert-OH is 1. The van der Waals surface area contributed by atoms with Crippen LogP contribution >= 0.6 is 0 Å². The lowest BCUT2D eigenvalue weighted by Crippen LogP contribution is -2.31. The van der Waals surface area contributed by atoms with Crippen molar-refractivity contribution in [1.82, 2.24) is 29.3 Å². The molecule has 0 aliphatic heterocycles. The quantitative estimate of drug-likeness (QED) is 0.483. The van der Waals surface area contributed by atoms with Crippen LogP contribution in [0.2, 0.25) is 0 Å². The Morgan fingerprint density at radius 3 is 2.77 bits per heavy atom. The highest BCUT2D eigenvalue weighted by atomic mass is 16.3. The lowest BCUT2D eigenvalue weighted by atomic mass is 10.1. The summed E-state index contributed by atoms with van der Waals surface area (Å²) < 4.78 is 3.11. The Morgan fingerprint density at radius 1 is 1.23 bits per heavy atom. The van der Waals surface area contributed by atoms with Crippen LogP contribution < -0.4 is 5.73 Å². The van der Waals surface area contributed by atoms with Crippen LogP contribution in [0.25, 0.3) is 22.5 Å². The topological polar surface area (TPSA) is 132 Å². The molecule has 4 aromatic rings. The number of rotatable bonds is 6. The lowest BCUT2D eigenvalue weighted by Gasteiger charge is -2.16. The van der Waals surface area contributed by atoms with E-state index in [9.17, 15) is 14.7 Å². The molecular weight excluding hydrogens is 398 g/mol. The Kier molecular flexibility index (Phi) is 5.22. The van der Waals surface area contributed by atoms with Crippen molar-refractivity contribution in [2.45, 2.75) is 13.0 Å². The molecule has 2 amide bonds. The van der Waals surface area contributed by atoms with Gasteiger partial charge in [-0.25, -0.2) is 9.67 Å². The molecule has 3 aromatic heterocycles. The number of primary amides is 1. The Morgan fingerprint density at radius 2 is 2.03 bits per heavy atom. The number of amides is 2. The van der Waals surface area contributed by atoms with Crippen LogP contribution in [-0.4, -0.2) is 59.8 Å². The first-order chi connectivity index (χ1) is 14.9. The fourth-order valence-corrected chi connectivity index (χ4v) is 3.24. The normalized spacial score (nSPS) is 12.1. The molecule has 0 spiro atoms. The standard InChI is InChI=1S/C21H21N7O3/c1-3-26(2)21(31)18(29)15-12-28(25-24-15)14-8-6-7-13(11-14)17-16-9-4-5-10-27(16)20(23-17)19(22)30/h4-12,18,29H,3H2,1-2H3,(H2,22,30)/t18-/m1/s1. The number of hydrogen-bond donors (Lipinski definition) is 2. The van der Waals surface area contributed by atoms with Crippen LogP contribution in [-0.2, 0) is 4.79 Å². The molecule has 3 heterocycles. The van der Waals surface area contributed by atoms with Gasteiger partial charge in [-0.3, -0.25) is 14.0 Å². The van der Waals surface area contributed by atoms with Gasteiger partial charge in [-0.1, -0.05) is 23.4 Å². The van der Waals surface area contributed by atoms with Gasteiger partial charge < -0.3 is 15.7 Å². The molecule has 10 heteroatoms. The predicted molar refractivity (Wildman–Crippen MR) is 112 cm³/mol. The average molecular weight is 419 g/mol. The number of benzene rings is 1. The third-order valence-electron chi connectivity index (χ3n) is 5.03. The van der Waals surface area contributed by atoms with Gasteiger partial charge in [0.15, 0.2) is 6.10 Å². The van der Waals surface area contributed by atoms with Crippen LogP contribution in [0, 0.1) is 0 Å². The molecule has 158 valence electrons. The van der Waals surface area contributed by atoms with Crippen LogP contribution in [0.15, 0.2) is 54.9 Å². The summed E-state index contributed by atoms with van der Waals surface area (Å²) in [5, 5.41) is 18.3. The molecule has 1 atom stereocenters. The van der Waals surface area contributed by atoms with Crippen LogP contribution in [0.4, 0.5) is 0 Å². The van der Waals surface area contributed by atoms with E-state index in [0.717, 1.165) is 11.1 Å². The number of nitrogens with two attached hydrogens (primary N) is 1.